The molecule has 4 rings (SSSR count). The highest BCUT2D eigenvalue weighted by Gasteiger charge is 2.28. The van der Waals surface area contributed by atoms with E-state index < -0.39 is 17.7 Å². The van der Waals surface area contributed by atoms with Crippen LogP contribution in [0.5, 0.6) is 0 Å². The van der Waals surface area contributed by atoms with Gasteiger partial charge in [-0.1, -0.05) is 66.4 Å². The van der Waals surface area contributed by atoms with Crippen molar-refractivity contribution in [2.24, 2.45) is 0 Å². The van der Waals surface area contributed by atoms with Crippen molar-refractivity contribution in [1.82, 2.24) is 5.32 Å². The molecule has 0 spiro atoms. The quantitative estimate of drug-likeness (QED) is 0.650. The van der Waals surface area contributed by atoms with E-state index in [1.54, 1.807) is 0 Å². The summed E-state index contributed by atoms with van der Waals surface area (Å²) in [4.78, 5) is 12.0. The van der Waals surface area contributed by atoms with Gasteiger partial charge in [-0.25, -0.2) is 13.6 Å². The molecule has 0 aliphatic heterocycles. The Bertz CT molecular complexity index is 1070. The van der Waals surface area contributed by atoms with Crippen LogP contribution in [0.25, 0.3) is 11.1 Å². The summed E-state index contributed by atoms with van der Waals surface area (Å²) < 4.78 is 32.4. The van der Waals surface area contributed by atoms with Crippen LogP contribution in [0.1, 0.15) is 22.6 Å². The van der Waals surface area contributed by atoms with Crippen molar-refractivity contribution in [3.8, 4) is 23.0 Å². The van der Waals surface area contributed by atoms with Gasteiger partial charge in [0.15, 0.2) is 0 Å². The first-order chi connectivity index (χ1) is 14.1. The third kappa shape index (κ3) is 3.83. The summed E-state index contributed by atoms with van der Waals surface area (Å²) in [5, 5.41) is 2.48. The maximum atomic E-state index is 13.5. The van der Waals surface area contributed by atoms with Gasteiger partial charge in [0.25, 0.3) is 0 Å². The molecule has 0 unspecified atom stereocenters. The number of ether oxygens (including phenoxy) is 1. The lowest BCUT2D eigenvalue weighted by Gasteiger charge is -2.14. The highest BCUT2D eigenvalue weighted by molar-refractivity contribution is 5.79. The van der Waals surface area contributed by atoms with Crippen LogP contribution >= 0.6 is 0 Å². The van der Waals surface area contributed by atoms with Crippen LogP contribution in [-0.4, -0.2) is 19.2 Å². The molecule has 29 heavy (non-hydrogen) atoms. The SMILES string of the molecule is O=C(NCC#Cc1c(F)cccc1F)OCC1c2ccccc2-c2ccccc21. The van der Waals surface area contributed by atoms with E-state index in [1.165, 1.54) is 6.07 Å². The Labute approximate surface area is 167 Å². The molecule has 3 aromatic carbocycles. The van der Waals surface area contributed by atoms with Gasteiger partial charge in [0.1, 0.15) is 18.2 Å². The van der Waals surface area contributed by atoms with Crippen LogP contribution in [0.3, 0.4) is 0 Å². The smallest absolute Gasteiger partial charge is 0.407 e. The summed E-state index contributed by atoms with van der Waals surface area (Å²) >= 11 is 0. The number of rotatable bonds is 3. The van der Waals surface area contributed by atoms with Crippen LogP contribution in [0.15, 0.2) is 66.7 Å². The third-order valence-electron chi connectivity index (χ3n) is 4.84. The lowest BCUT2D eigenvalue weighted by Crippen LogP contribution is -2.26. The second kappa shape index (κ2) is 8.15. The Kier molecular flexibility index (Phi) is 5.26. The van der Waals surface area contributed by atoms with Gasteiger partial charge in [0, 0.05) is 5.92 Å². The number of carbonyl (C=O) groups excluding carboxylic acids is 1. The molecule has 1 amide bonds. The first kappa shape index (κ1) is 18.7. The van der Waals surface area contributed by atoms with Crippen LogP contribution in [-0.2, 0) is 4.74 Å². The predicted octanol–water partition coefficient (Wildman–Crippen LogP) is 4.86. The summed E-state index contributed by atoms with van der Waals surface area (Å²) in [5.74, 6) is 3.41. The zero-order valence-corrected chi connectivity index (χ0v) is 15.4. The van der Waals surface area contributed by atoms with E-state index in [-0.39, 0.29) is 24.6 Å². The van der Waals surface area contributed by atoms with E-state index in [0.29, 0.717) is 0 Å². The lowest BCUT2D eigenvalue weighted by molar-refractivity contribution is 0.144. The van der Waals surface area contributed by atoms with Gasteiger partial charge < -0.3 is 10.1 Å². The lowest BCUT2D eigenvalue weighted by atomic mass is 9.98. The first-order valence-corrected chi connectivity index (χ1v) is 9.17. The minimum absolute atomic E-state index is 0.0354. The largest absolute Gasteiger partial charge is 0.449 e. The molecule has 1 aliphatic carbocycles. The Balaban J connectivity index is 1.37. The van der Waals surface area contributed by atoms with E-state index in [0.717, 1.165) is 34.4 Å². The predicted molar refractivity (Wildman–Crippen MR) is 106 cm³/mol. The van der Waals surface area contributed by atoms with Gasteiger partial charge in [0.2, 0.25) is 0 Å². The van der Waals surface area contributed by atoms with Crippen molar-refractivity contribution < 1.29 is 18.3 Å². The van der Waals surface area contributed by atoms with Crippen LogP contribution in [0.4, 0.5) is 13.6 Å². The average Bonchev–Trinajstić information content (AvgIpc) is 3.05. The molecule has 3 aromatic rings. The summed E-state index contributed by atoms with van der Waals surface area (Å²) in [6.07, 6.45) is -0.629. The van der Waals surface area contributed by atoms with E-state index >= 15 is 0 Å². The van der Waals surface area contributed by atoms with Gasteiger partial charge in [-0.2, -0.15) is 0 Å². The fourth-order valence-corrected chi connectivity index (χ4v) is 3.52. The monoisotopic (exact) mass is 389 g/mol. The zero-order valence-electron chi connectivity index (χ0n) is 15.4. The molecule has 5 heteroatoms. The Morgan fingerprint density at radius 3 is 2.10 bits per heavy atom. The molecule has 0 saturated carbocycles. The van der Waals surface area contributed by atoms with E-state index in [9.17, 15) is 13.6 Å². The number of fused-ring (bicyclic) bond motifs is 3. The highest BCUT2D eigenvalue weighted by atomic mass is 19.1. The maximum Gasteiger partial charge on any atom is 0.407 e. The van der Waals surface area contributed by atoms with E-state index in [4.69, 9.17) is 4.74 Å². The number of amides is 1. The summed E-state index contributed by atoms with van der Waals surface area (Å²) in [6.45, 7) is 0.111. The molecule has 0 bridgehead atoms. The van der Waals surface area contributed by atoms with Crippen LogP contribution in [0.2, 0.25) is 0 Å². The topological polar surface area (TPSA) is 38.3 Å². The Morgan fingerprint density at radius 2 is 1.48 bits per heavy atom. The molecule has 1 N–H and O–H groups in total. The molecule has 0 fully saturated rings. The third-order valence-corrected chi connectivity index (χ3v) is 4.84. The number of benzene rings is 3. The molecule has 0 aromatic heterocycles. The van der Waals surface area contributed by atoms with Crippen molar-refractivity contribution >= 4 is 6.09 Å². The normalized spacial score (nSPS) is 11.8. The number of hydrogen-bond acceptors (Lipinski definition) is 2. The number of halogens is 2. The van der Waals surface area contributed by atoms with E-state index in [1.807, 2.05) is 36.4 Å². The number of hydrogen-bond donors (Lipinski definition) is 1. The molecule has 144 valence electrons. The molecule has 3 nitrogen and oxygen atoms in total. The number of nitrogens with one attached hydrogen (secondary N) is 1. The minimum atomic E-state index is -0.737. The van der Waals surface area contributed by atoms with Crippen molar-refractivity contribution in [3.05, 3.63) is 95.1 Å². The van der Waals surface area contributed by atoms with Crippen molar-refractivity contribution in [3.63, 3.8) is 0 Å². The molecular weight excluding hydrogens is 372 g/mol. The summed E-state index contributed by atoms with van der Waals surface area (Å²) in [5.41, 5.74) is 4.22. The fraction of sp³-hybridized carbons (Fsp3) is 0.125. The maximum absolute atomic E-state index is 13.5. The molecule has 1 aliphatic rings. The van der Waals surface area contributed by atoms with E-state index in [2.05, 4.69) is 29.3 Å². The zero-order chi connectivity index (χ0) is 20.2. The molecular formula is C24H17F2NO2. The summed E-state index contributed by atoms with van der Waals surface area (Å²) in [6, 6.07) is 19.6. The molecule has 0 atom stereocenters. The van der Waals surface area contributed by atoms with Crippen LogP contribution in [0, 0.1) is 23.5 Å². The van der Waals surface area contributed by atoms with Gasteiger partial charge in [-0.05, 0) is 34.4 Å². The fourth-order valence-electron chi connectivity index (χ4n) is 3.52. The second-order valence-corrected chi connectivity index (χ2v) is 6.58. The van der Waals surface area contributed by atoms with Crippen molar-refractivity contribution in [1.29, 1.82) is 0 Å². The minimum Gasteiger partial charge on any atom is -0.449 e. The molecule has 0 saturated heterocycles. The Morgan fingerprint density at radius 1 is 0.897 bits per heavy atom. The summed E-state index contributed by atoms with van der Waals surface area (Å²) in [7, 11) is 0. The van der Waals surface area contributed by atoms with Gasteiger partial charge in [0.05, 0.1) is 12.1 Å². The second-order valence-electron chi connectivity index (χ2n) is 6.58. The number of carbonyl (C=O) groups is 1. The van der Waals surface area contributed by atoms with Gasteiger partial charge >= 0.3 is 6.09 Å². The number of alkyl carbamates (subject to hydrolysis) is 1. The van der Waals surface area contributed by atoms with Gasteiger partial charge in [-0.3, -0.25) is 0 Å². The highest BCUT2D eigenvalue weighted by Crippen LogP contribution is 2.44. The first-order valence-electron chi connectivity index (χ1n) is 9.17. The van der Waals surface area contributed by atoms with Gasteiger partial charge in [-0.15, -0.1) is 0 Å². The average molecular weight is 389 g/mol. The van der Waals surface area contributed by atoms with Crippen molar-refractivity contribution in [2.75, 3.05) is 13.2 Å². The molecule has 0 heterocycles. The van der Waals surface area contributed by atoms with Crippen LogP contribution < -0.4 is 5.32 Å². The van der Waals surface area contributed by atoms with Crippen molar-refractivity contribution in [2.45, 2.75) is 5.92 Å². The molecule has 0 radical (unpaired) electrons. The Hall–Kier alpha value is -3.65. The standard InChI is InChI=1S/C24H17F2NO2/c25-22-12-5-13-23(26)20(22)11-6-14-27-24(28)29-15-21-18-9-3-1-7-16(18)17-8-2-4-10-19(17)21/h1-5,7-10,12-13,21H,14-15H2,(H,27,28).